The number of alkyl halides is 3. The van der Waals surface area contributed by atoms with Gasteiger partial charge in [0, 0.05) is 11.1 Å². The van der Waals surface area contributed by atoms with Gasteiger partial charge in [-0.2, -0.15) is 0 Å². The van der Waals surface area contributed by atoms with Gasteiger partial charge in [0.25, 0.3) is 0 Å². The Hall–Kier alpha value is -0.450. The highest BCUT2D eigenvalue weighted by Gasteiger charge is 2.20. The zero-order valence-electron chi connectivity index (χ0n) is 9.24. The van der Waals surface area contributed by atoms with E-state index in [4.69, 9.17) is 0 Å². The van der Waals surface area contributed by atoms with Crippen LogP contribution in [0.5, 0.6) is 0 Å². The molecule has 0 aliphatic rings. The minimum Gasteiger partial charge on any atom is -0.289 e. The summed E-state index contributed by atoms with van der Waals surface area (Å²) >= 11 is 10.3. The highest BCUT2D eigenvalue weighted by atomic mass is 80.0. The summed E-state index contributed by atoms with van der Waals surface area (Å²) < 4.78 is -0.443. The van der Waals surface area contributed by atoms with Crippen LogP contribution in [0.1, 0.15) is 21.5 Å². The molecule has 0 fully saturated rings. The van der Waals surface area contributed by atoms with Gasteiger partial charge in [0.15, 0.2) is 7.93 Å². The molecule has 0 amide bonds. The summed E-state index contributed by atoms with van der Waals surface area (Å²) in [5.74, 6) is 0.0338. The Morgan fingerprint density at radius 2 is 1.28 bits per heavy atom. The van der Waals surface area contributed by atoms with Crippen LogP contribution < -0.4 is 0 Å². The van der Waals surface area contributed by atoms with Crippen LogP contribution in [0.25, 0.3) is 0 Å². The first kappa shape index (κ1) is 14.0. The molecule has 0 saturated carbocycles. The molecule has 4 heteroatoms. The quantitative estimate of drug-likeness (QED) is 0.470. The molecule has 0 spiro atoms. The monoisotopic (exact) mass is 430 g/mol. The number of hydrogen-bond acceptors (Lipinski definition) is 1. The maximum atomic E-state index is 12.2. The van der Waals surface area contributed by atoms with Crippen LogP contribution in [0.2, 0.25) is 0 Å². The Labute approximate surface area is 131 Å². The van der Waals surface area contributed by atoms with Crippen LogP contribution in [0.4, 0.5) is 0 Å². The molecule has 2 rings (SSSR count). The number of hydrogen-bond donors (Lipinski definition) is 0. The van der Waals surface area contributed by atoms with Crippen molar-refractivity contribution >= 4 is 53.6 Å². The second-order valence-corrected chi connectivity index (χ2v) is 10.5. The molecule has 2 aromatic rings. The average Bonchev–Trinajstić information content (AvgIpc) is 2.38. The third-order valence-corrected chi connectivity index (χ3v) is 3.88. The van der Waals surface area contributed by atoms with E-state index in [0.717, 1.165) is 5.56 Å². The third kappa shape index (κ3) is 3.31. The fraction of sp³-hybridized carbons (Fsp3) is 0.0714. The molecule has 2 aromatic carbocycles. The van der Waals surface area contributed by atoms with Crippen molar-refractivity contribution in [3.8, 4) is 0 Å². The van der Waals surface area contributed by atoms with Crippen molar-refractivity contribution in [2.45, 2.75) is 2.14 Å². The van der Waals surface area contributed by atoms with Crippen molar-refractivity contribution in [3.05, 3.63) is 71.3 Å². The maximum Gasteiger partial charge on any atom is 0.193 e. The average molecular weight is 433 g/mol. The van der Waals surface area contributed by atoms with Crippen molar-refractivity contribution in [2.75, 3.05) is 0 Å². The molecule has 0 aromatic heterocycles. The van der Waals surface area contributed by atoms with Crippen LogP contribution >= 0.6 is 47.8 Å². The molecule has 0 saturated heterocycles. The van der Waals surface area contributed by atoms with E-state index >= 15 is 0 Å². The van der Waals surface area contributed by atoms with E-state index in [2.05, 4.69) is 47.8 Å². The minimum atomic E-state index is -0.443. The molecular weight excluding hydrogens is 424 g/mol. The third-order valence-electron chi connectivity index (χ3n) is 2.51. The highest BCUT2D eigenvalue weighted by molar-refractivity contribution is 9.38. The van der Waals surface area contributed by atoms with Crippen molar-refractivity contribution in [1.29, 1.82) is 0 Å². The smallest absolute Gasteiger partial charge is 0.193 e. The Morgan fingerprint density at radius 1 is 0.778 bits per heavy atom. The highest BCUT2D eigenvalue weighted by Crippen LogP contribution is 2.44. The van der Waals surface area contributed by atoms with Crippen LogP contribution in [-0.4, -0.2) is 5.78 Å². The van der Waals surface area contributed by atoms with E-state index in [1.807, 2.05) is 54.6 Å². The van der Waals surface area contributed by atoms with E-state index in [1.54, 1.807) is 0 Å². The molecule has 0 aliphatic heterocycles. The summed E-state index contributed by atoms with van der Waals surface area (Å²) in [6, 6.07) is 16.7. The summed E-state index contributed by atoms with van der Waals surface area (Å²) in [4.78, 5) is 12.2. The molecule has 92 valence electrons. The van der Waals surface area contributed by atoms with Gasteiger partial charge >= 0.3 is 0 Å². The van der Waals surface area contributed by atoms with Gasteiger partial charge in [-0.05, 0) is 5.56 Å². The zero-order valence-corrected chi connectivity index (χ0v) is 14.0. The normalized spacial score (nSPS) is 11.3. The van der Waals surface area contributed by atoms with Gasteiger partial charge in [-0.15, -0.1) is 0 Å². The van der Waals surface area contributed by atoms with Crippen LogP contribution in [0, 0.1) is 0 Å². The number of benzene rings is 2. The van der Waals surface area contributed by atoms with E-state index in [1.165, 1.54) is 0 Å². The summed E-state index contributed by atoms with van der Waals surface area (Å²) in [5, 5.41) is 0. The van der Waals surface area contributed by atoms with Crippen molar-refractivity contribution in [2.24, 2.45) is 0 Å². The van der Waals surface area contributed by atoms with Crippen molar-refractivity contribution < 1.29 is 4.79 Å². The Kier molecular flexibility index (Phi) is 4.41. The predicted molar refractivity (Wildman–Crippen MR) is 84.8 cm³/mol. The van der Waals surface area contributed by atoms with Gasteiger partial charge in [0.05, 0.1) is 0 Å². The Balaban J connectivity index is 2.28. The second kappa shape index (κ2) is 5.68. The van der Waals surface area contributed by atoms with Crippen molar-refractivity contribution in [3.63, 3.8) is 0 Å². The molecule has 0 heterocycles. The zero-order chi connectivity index (χ0) is 13.2. The van der Waals surface area contributed by atoms with E-state index in [9.17, 15) is 4.79 Å². The van der Waals surface area contributed by atoms with E-state index in [-0.39, 0.29) is 5.78 Å². The van der Waals surface area contributed by atoms with Gasteiger partial charge in [-0.3, -0.25) is 4.79 Å². The topological polar surface area (TPSA) is 17.1 Å². The van der Waals surface area contributed by atoms with Crippen LogP contribution in [0.15, 0.2) is 54.6 Å². The number of carbonyl (C=O) groups excluding carboxylic acids is 1. The van der Waals surface area contributed by atoms with Gasteiger partial charge in [-0.1, -0.05) is 102 Å². The van der Waals surface area contributed by atoms with Gasteiger partial charge < -0.3 is 0 Å². The lowest BCUT2D eigenvalue weighted by atomic mass is 10.0. The molecular formula is C14H9Br3O. The lowest BCUT2D eigenvalue weighted by molar-refractivity contribution is 0.103. The first-order valence-corrected chi connectivity index (χ1v) is 7.63. The molecule has 0 radical (unpaired) electrons. The first-order valence-electron chi connectivity index (χ1n) is 5.25. The summed E-state index contributed by atoms with van der Waals surface area (Å²) in [7, 11) is 0. The van der Waals surface area contributed by atoms with E-state index in [0.29, 0.717) is 11.1 Å². The predicted octanol–water partition coefficient (Wildman–Crippen LogP) is 5.21. The molecule has 18 heavy (non-hydrogen) atoms. The standard InChI is InChI=1S/C14H9Br3O/c15-14(16,17)12-8-6-11(7-9-12)13(18)10-4-2-1-3-5-10/h1-9H. The number of rotatable bonds is 2. The first-order chi connectivity index (χ1) is 8.48. The summed E-state index contributed by atoms with van der Waals surface area (Å²) in [5.41, 5.74) is 2.38. The number of ketones is 1. The fourth-order valence-corrected chi connectivity index (χ4v) is 2.36. The van der Waals surface area contributed by atoms with Gasteiger partial charge in [-0.25, -0.2) is 0 Å². The van der Waals surface area contributed by atoms with Gasteiger partial charge in [0.2, 0.25) is 0 Å². The fourth-order valence-electron chi connectivity index (χ4n) is 1.57. The van der Waals surface area contributed by atoms with Gasteiger partial charge in [0.1, 0.15) is 0 Å². The lowest BCUT2D eigenvalue weighted by Gasteiger charge is -2.12. The largest absolute Gasteiger partial charge is 0.289 e. The molecule has 0 bridgehead atoms. The SMILES string of the molecule is O=C(c1ccccc1)c1ccc(C(Br)(Br)Br)cc1. The molecule has 1 nitrogen and oxygen atoms in total. The Morgan fingerprint density at radius 3 is 1.78 bits per heavy atom. The number of halogens is 3. The summed E-state index contributed by atoms with van der Waals surface area (Å²) in [6.07, 6.45) is 0. The molecule has 0 aliphatic carbocycles. The van der Waals surface area contributed by atoms with E-state index < -0.39 is 2.14 Å². The molecule has 0 unspecified atom stereocenters. The second-order valence-electron chi connectivity index (χ2n) is 3.77. The minimum absolute atomic E-state index is 0.0338. The Bertz CT molecular complexity index is 542. The van der Waals surface area contributed by atoms with Crippen LogP contribution in [0.3, 0.4) is 0 Å². The summed E-state index contributed by atoms with van der Waals surface area (Å²) in [6.45, 7) is 0. The number of carbonyl (C=O) groups is 1. The van der Waals surface area contributed by atoms with Crippen molar-refractivity contribution in [1.82, 2.24) is 0 Å². The molecule has 0 atom stereocenters. The maximum absolute atomic E-state index is 12.2. The van der Waals surface area contributed by atoms with Crippen LogP contribution in [-0.2, 0) is 2.14 Å². The molecule has 0 N–H and O–H groups in total. The lowest BCUT2D eigenvalue weighted by Crippen LogP contribution is -2.03.